The SMILES string of the molecule is CC1CCC([C@H](NC(=O)c2ccnn2C(C)C)C(=O)Nc2ccc(Br)nc2)CC1. The lowest BCUT2D eigenvalue weighted by molar-refractivity contribution is -0.119. The van der Waals surface area contributed by atoms with E-state index in [2.05, 4.69) is 43.6 Å². The summed E-state index contributed by atoms with van der Waals surface area (Å²) in [7, 11) is 0. The topological polar surface area (TPSA) is 88.9 Å². The number of carbonyl (C=O) groups is 2. The molecule has 1 aliphatic carbocycles. The van der Waals surface area contributed by atoms with E-state index in [0.29, 0.717) is 21.9 Å². The zero-order valence-corrected chi connectivity index (χ0v) is 18.6. The zero-order valence-electron chi connectivity index (χ0n) is 17.1. The molecule has 1 atom stereocenters. The molecular weight excluding hydrogens is 434 g/mol. The second kappa shape index (κ2) is 9.52. The van der Waals surface area contributed by atoms with Crippen LogP contribution in [-0.2, 0) is 4.79 Å². The molecule has 1 aliphatic rings. The number of hydrogen-bond acceptors (Lipinski definition) is 4. The Morgan fingerprint density at radius 3 is 2.52 bits per heavy atom. The van der Waals surface area contributed by atoms with Crippen molar-refractivity contribution in [3.63, 3.8) is 0 Å². The van der Waals surface area contributed by atoms with E-state index in [0.717, 1.165) is 25.7 Å². The molecule has 0 spiro atoms. The van der Waals surface area contributed by atoms with Gasteiger partial charge in [0.1, 0.15) is 16.3 Å². The van der Waals surface area contributed by atoms with Gasteiger partial charge >= 0.3 is 0 Å². The number of carbonyl (C=O) groups excluding carboxylic acids is 2. The van der Waals surface area contributed by atoms with Crippen molar-refractivity contribution in [1.82, 2.24) is 20.1 Å². The molecule has 0 radical (unpaired) electrons. The highest BCUT2D eigenvalue weighted by atomic mass is 79.9. The summed E-state index contributed by atoms with van der Waals surface area (Å²) in [6.45, 7) is 6.17. The van der Waals surface area contributed by atoms with Gasteiger partial charge in [-0.15, -0.1) is 0 Å². The van der Waals surface area contributed by atoms with Gasteiger partial charge in [0, 0.05) is 12.2 Å². The molecular formula is C21H28BrN5O2. The Labute approximate surface area is 179 Å². The van der Waals surface area contributed by atoms with Crippen molar-refractivity contribution >= 4 is 33.4 Å². The second-order valence-electron chi connectivity index (χ2n) is 8.08. The van der Waals surface area contributed by atoms with Gasteiger partial charge in [-0.05, 0) is 72.7 Å². The molecule has 7 nitrogen and oxygen atoms in total. The van der Waals surface area contributed by atoms with Crippen LogP contribution in [0.1, 0.15) is 63.0 Å². The largest absolute Gasteiger partial charge is 0.339 e. The summed E-state index contributed by atoms with van der Waals surface area (Å²) in [5.41, 5.74) is 1.07. The van der Waals surface area contributed by atoms with Crippen LogP contribution in [0.15, 0.2) is 35.2 Å². The smallest absolute Gasteiger partial charge is 0.270 e. The molecule has 1 saturated carbocycles. The highest BCUT2D eigenvalue weighted by molar-refractivity contribution is 9.10. The third kappa shape index (κ3) is 5.44. The van der Waals surface area contributed by atoms with Crippen molar-refractivity contribution in [2.45, 2.75) is 58.5 Å². The average Bonchev–Trinajstić information content (AvgIpc) is 3.19. The van der Waals surface area contributed by atoms with Gasteiger partial charge in [-0.3, -0.25) is 14.3 Å². The van der Waals surface area contributed by atoms with Gasteiger partial charge in [-0.2, -0.15) is 5.10 Å². The normalized spacial score (nSPS) is 20.3. The number of hydrogen-bond donors (Lipinski definition) is 2. The molecule has 0 bridgehead atoms. The van der Waals surface area contributed by atoms with Crippen molar-refractivity contribution < 1.29 is 9.59 Å². The molecule has 8 heteroatoms. The minimum Gasteiger partial charge on any atom is -0.339 e. The number of anilines is 1. The fourth-order valence-electron chi connectivity index (χ4n) is 3.81. The number of nitrogens with one attached hydrogen (secondary N) is 2. The molecule has 2 N–H and O–H groups in total. The van der Waals surface area contributed by atoms with Crippen molar-refractivity contribution in [2.75, 3.05) is 5.32 Å². The van der Waals surface area contributed by atoms with Gasteiger partial charge < -0.3 is 10.6 Å². The van der Waals surface area contributed by atoms with Crippen LogP contribution in [0.3, 0.4) is 0 Å². The summed E-state index contributed by atoms with van der Waals surface area (Å²) in [4.78, 5) is 30.2. The van der Waals surface area contributed by atoms with Crippen LogP contribution in [0.4, 0.5) is 5.69 Å². The van der Waals surface area contributed by atoms with E-state index in [9.17, 15) is 9.59 Å². The zero-order chi connectivity index (χ0) is 21.0. The summed E-state index contributed by atoms with van der Waals surface area (Å²) in [6, 6.07) is 4.69. The first-order chi connectivity index (χ1) is 13.8. The van der Waals surface area contributed by atoms with Crippen LogP contribution >= 0.6 is 15.9 Å². The molecule has 2 aromatic rings. The van der Waals surface area contributed by atoms with E-state index in [1.54, 1.807) is 35.3 Å². The monoisotopic (exact) mass is 461 g/mol. The standard InChI is InChI=1S/C21H28BrN5O2/c1-13(2)27-17(10-11-24-27)20(28)26-19(15-6-4-14(3)5-7-15)21(29)25-16-8-9-18(22)23-12-16/h8-15,19H,4-7H2,1-3H3,(H,25,29)(H,26,28)/t14?,15?,19-/m0/s1. The number of halogens is 1. The fraction of sp³-hybridized carbons (Fsp3) is 0.524. The van der Waals surface area contributed by atoms with Gasteiger partial charge in [-0.25, -0.2) is 4.98 Å². The third-order valence-electron chi connectivity index (χ3n) is 5.49. The van der Waals surface area contributed by atoms with E-state index >= 15 is 0 Å². The first-order valence-electron chi connectivity index (χ1n) is 10.1. The number of nitrogens with zero attached hydrogens (tertiary/aromatic N) is 3. The van der Waals surface area contributed by atoms with Gasteiger partial charge in [0.2, 0.25) is 5.91 Å². The van der Waals surface area contributed by atoms with Crippen LogP contribution in [0, 0.1) is 11.8 Å². The Morgan fingerprint density at radius 1 is 1.17 bits per heavy atom. The lowest BCUT2D eigenvalue weighted by Gasteiger charge is -2.32. The fourth-order valence-corrected chi connectivity index (χ4v) is 4.04. The summed E-state index contributed by atoms with van der Waals surface area (Å²) in [5.74, 6) is 0.277. The Kier molecular flexibility index (Phi) is 7.05. The Bertz CT molecular complexity index is 841. The van der Waals surface area contributed by atoms with E-state index < -0.39 is 6.04 Å². The first kappa shape index (κ1) is 21.5. The quantitative estimate of drug-likeness (QED) is 0.631. The summed E-state index contributed by atoms with van der Waals surface area (Å²) >= 11 is 3.29. The van der Waals surface area contributed by atoms with Crippen LogP contribution in [0.2, 0.25) is 0 Å². The van der Waals surface area contributed by atoms with Crippen LogP contribution in [0.5, 0.6) is 0 Å². The predicted molar refractivity (Wildman–Crippen MR) is 116 cm³/mol. The number of aromatic nitrogens is 3. The van der Waals surface area contributed by atoms with E-state index in [1.165, 1.54) is 0 Å². The maximum Gasteiger partial charge on any atom is 0.270 e. The molecule has 156 valence electrons. The lowest BCUT2D eigenvalue weighted by atomic mass is 9.79. The van der Waals surface area contributed by atoms with Gasteiger partial charge in [0.15, 0.2) is 0 Å². The van der Waals surface area contributed by atoms with Crippen molar-refractivity contribution in [2.24, 2.45) is 11.8 Å². The molecule has 2 amide bonds. The van der Waals surface area contributed by atoms with Crippen LogP contribution in [-0.4, -0.2) is 32.6 Å². The highest BCUT2D eigenvalue weighted by Crippen LogP contribution is 2.31. The Morgan fingerprint density at radius 2 is 1.90 bits per heavy atom. The van der Waals surface area contributed by atoms with E-state index in [-0.39, 0.29) is 23.8 Å². The van der Waals surface area contributed by atoms with Crippen molar-refractivity contribution in [1.29, 1.82) is 0 Å². The lowest BCUT2D eigenvalue weighted by Crippen LogP contribution is -2.49. The maximum absolute atomic E-state index is 13.1. The second-order valence-corrected chi connectivity index (χ2v) is 8.90. The van der Waals surface area contributed by atoms with E-state index in [1.807, 2.05) is 13.8 Å². The number of rotatable bonds is 6. The van der Waals surface area contributed by atoms with Gasteiger partial charge in [0.05, 0.1) is 11.9 Å². The molecule has 0 saturated heterocycles. The van der Waals surface area contributed by atoms with Gasteiger partial charge in [-0.1, -0.05) is 19.8 Å². The molecule has 0 aromatic carbocycles. The molecule has 0 unspecified atom stereocenters. The summed E-state index contributed by atoms with van der Waals surface area (Å²) in [5, 5.41) is 10.1. The van der Waals surface area contributed by atoms with Crippen LogP contribution in [0.25, 0.3) is 0 Å². The molecule has 2 heterocycles. The first-order valence-corrected chi connectivity index (χ1v) is 10.9. The average molecular weight is 462 g/mol. The molecule has 0 aliphatic heterocycles. The maximum atomic E-state index is 13.1. The van der Waals surface area contributed by atoms with E-state index in [4.69, 9.17) is 0 Å². The van der Waals surface area contributed by atoms with Gasteiger partial charge in [0.25, 0.3) is 5.91 Å². The summed E-state index contributed by atoms with van der Waals surface area (Å²) in [6.07, 6.45) is 7.17. The predicted octanol–water partition coefficient (Wildman–Crippen LogP) is 4.18. The number of amides is 2. The summed E-state index contributed by atoms with van der Waals surface area (Å²) < 4.78 is 2.37. The Hall–Kier alpha value is -2.22. The molecule has 1 fully saturated rings. The molecule has 29 heavy (non-hydrogen) atoms. The molecule has 3 rings (SSSR count). The number of pyridine rings is 1. The Balaban J connectivity index is 1.78. The van der Waals surface area contributed by atoms with Crippen molar-refractivity contribution in [3.05, 3.63) is 40.9 Å². The van der Waals surface area contributed by atoms with Crippen molar-refractivity contribution in [3.8, 4) is 0 Å². The third-order valence-corrected chi connectivity index (χ3v) is 5.96. The highest BCUT2D eigenvalue weighted by Gasteiger charge is 2.33. The molecule has 2 aromatic heterocycles. The van der Waals surface area contributed by atoms with Crippen LogP contribution < -0.4 is 10.6 Å². The minimum absolute atomic E-state index is 0.0578. The minimum atomic E-state index is -0.603.